The number of aryl methyl sites for hydroxylation is 1. The molecule has 188 valence electrons. The first-order valence-electron chi connectivity index (χ1n) is 11.3. The zero-order valence-corrected chi connectivity index (χ0v) is 20.1. The molecule has 3 rings (SSSR count). The van der Waals surface area contributed by atoms with Crippen LogP contribution in [-0.2, 0) is 11.3 Å². The highest BCUT2D eigenvalue weighted by Crippen LogP contribution is 2.30. The Morgan fingerprint density at radius 2 is 1.91 bits per heavy atom. The number of hydrogen-bond donors (Lipinski definition) is 2. The number of piperazine rings is 1. The summed E-state index contributed by atoms with van der Waals surface area (Å²) in [6, 6.07) is 6.12. The van der Waals surface area contributed by atoms with Crippen LogP contribution in [0.4, 0.5) is 30.8 Å². The Morgan fingerprint density at radius 3 is 2.49 bits per heavy atom. The average molecular weight is 489 g/mol. The maximum atomic E-state index is 13.7. The molecular weight excluding hydrogens is 458 g/mol. The molecule has 0 atom stereocenters. The predicted molar refractivity (Wildman–Crippen MR) is 130 cm³/mol. The van der Waals surface area contributed by atoms with Crippen molar-refractivity contribution in [3.05, 3.63) is 46.6 Å². The highest BCUT2D eigenvalue weighted by Gasteiger charge is 2.23. The monoisotopic (exact) mass is 488 g/mol. The van der Waals surface area contributed by atoms with Crippen molar-refractivity contribution < 1.29 is 23.2 Å². The summed E-state index contributed by atoms with van der Waals surface area (Å²) in [7, 11) is 1.58. The van der Waals surface area contributed by atoms with E-state index in [1.54, 1.807) is 26.1 Å². The van der Waals surface area contributed by atoms with Crippen LogP contribution in [0.3, 0.4) is 0 Å². The summed E-state index contributed by atoms with van der Waals surface area (Å²) >= 11 is 0. The summed E-state index contributed by atoms with van der Waals surface area (Å²) in [6.45, 7) is 7.29. The Labute approximate surface area is 203 Å². The standard InChI is InChI=1S/C24H30F2N6O3/c1-4-30(3)24(35)29-20-12-17(11-18(23(25)26)19(20)14-33)13-31-7-9-32(10-8-31)21-5-6-22(27-15-34)28-16(21)2/h5-6,11-12,14-15,23H,4,7-10,13H2,1-3H3,(H,29,35)(H,27,28,34). The lowest BCUT2D eigenvalue weighted by Gasteiger charge is -2.36. The van der Waals surface area contributed by atoms with Crippen molar-refractivity contribution in [1.82, 2.24) is 14.8 Å². The summed E-state index contributed by atoms with van der Waals surface area (Å²) in [5.74, 6) is 0.488. The van der Waals surface area contributed by atoms with Gasteiger partial charge in [0.05, 0.1) is 17.1 Å². The Morgan fingerprint density at radius 1 is 1.20 bits per heavy atom. The molecule has 0 spiro atoms. The topological polar surface area (TPSA) is 97.9 Å². The number of pyridine rings is 1. The number of rotatable bonds is 9. The van der Waals surface area contributed by atoms with Gasteiger partial charge in [0, 0.05) is 57.4 Å². The van der Waals surface area contributed by atoms with Crippen LogP contribution in [0.15, 0.2) is 24.3 Å². The Hall–Kier alpha value is -3.60. The first-order valence-corrected chi connectivity index (χ1v) is 11.3. The average Bonchev–Trinajstić information content (AvgIpc) is 2.84. The number of carbonyl (C=O) groups is 3. The number of amides is 3. The molecule has 1 fully saturated rings. The van der Waals surface area contributed by atoms with Crippen LogP contribution in [0.5, 0.6) is 0 Å². The smallest absolute Gasteiger partial charge is 0.321 e. The van der Waals surface area contributed by atoms with Crippen LogP contribution in [0.25, 0.3) is 0 Å². The molecule has 1 aliphatic rings. The Kier molecular flexibility index (Phi) is 8.69. The molecule has 2 aromatic rings. The molecule has 9 nitrogen and oxygen atoms in total. The van der Waals surface area contributed by atoms with E-state index in [4.69, 9.17) is 0 Å². The van der Waals surface area contributed by atoms with Crippen molar-refractivity contribution in [2.75, 3.05) is 55.3 Å². The lowest BCUT2D eigenvalue weighted by Crippen LogP contribution is -2.46. The molecule has 2 N–H and O–H groups in total. The molecule has 0 bridgehead atoms. The van der Waals surface area contributed by atoms with E-state index >= 15 is 0 Å². The summed E-state index contributed by atoms with van der Waals surface area (Å²) in [5.41, 5.74) is 1.85. The van der Waals surface area contributed by atoms with Gasteiger partial charge in [-0.25, -0.2) is 18.6 Å². The zero-order valence-electron chi connectivity index (χ0n) is 20.1. The second kappa shape index (κ2) is 11.7. The molecule has 0 unspecified atom stereocenters. The van der Waals surface area contributed by atoms with Crippen LogP contribution >= 0.6 is 0 Å². The third-order valence-corrected chi connectivity index (χ3v) is 6.07. The van der Waals surface area contributed by atoms with Gasteiger partial charge in [0.25, 0.3) is 6.43 Å². The van der Waals surface area contributed by atoms with Gasteiger partial charge in [-0.1, -0.05) is 0 Å². The van der Waals surface area contributed by atoms with E-state index in [1.165, 1.54) is 11.0 Å². The minimum absolute atomic E-state index is 0.0856. The van der Waals surface area contributed by atoms with Gasteiger partial charge in [0.1, 0.15) is 5.82 Å². The van der Waals surface area contributed by atoms with Gasteiger partial charge in [-0.3, -0.25) is 14.5 Å². The summed E-state index contributed by atoms with van der Waals surface area (Å²) in [4.78, 5) is 44.6. The van der Waals surface area contributed by atoms with Crippen LogP contribution in [0.2, 0.25) is 0 Å². The van der Waals surface area contributed by atoms with E-state index in [2.05, 4.69) is 25.4 Å². The second-order valence-corrected chi connectivity index (χ2v) is 8.34. The summed E-state index contributed by atoms with van der Waals surface area (Å²) in [6.07, 6.45) is -1.91. The molecule has 11 heteroatoms. The molecule has 0 radical (unpaired) electrons. The first kappa shape index (κ1) is 26.0. The molecule has 3 amide bonds. The fourth-order valence-electron chi connectivity index (χ4n) is 4.03. The van der Waals surface area contributed by atoms with E-state index < -0.39 is 18.0 Å². The van der Waals surface area contributed by atoms with Gasteiger partial charge >= 0.3 is 6.03 Å². The molecule has 0 saturated carbocycles. The van der Waals surface area contributed by atoms with Crippen molar-refractivity contribution in [2.45, 2.75) is 26.8 Å². The van der Waals surface area contributed by atoms with Gasteiger partial charge < -0.3 is 20.4 Å². The molecule has 35 heavy (non-hydrogen) atoms. The number of anilines is 3. The van der Waals surface area contributed by atoms with Gasteiger partial charge in [-0.05, 0) is 43.7 Å². The number of hydrogen-bond acceptors (Lipinski definition) is 6. The second-order valence-electron chi connectivity index (χ2n) is 8.34. The van der Waals surface area contributed by atoms with E-state index in [9.17, 15) is 23.2 Å². The van der Waals surface area contributed by atoms with Gasteiger partial charge in [-0.2, -0.15) is 0 Å². The molecule has 1 aromatic carbocycles. The van der Waals surface area contributed by atoms with Crippen molar-refractivity contribution in [2.24, 2.45) is 0 Å². The van der Waals surface area contributed by atoms with E-state index in [0.29, 0.717) is 63.3 Å². The summed E-state index contributed by atoms with van der Waals surface area (Å²) < 4.78 is 27.5. The minimum Gasteiger partial charge on any atom is -0.368 e. The molecule has 1 aromatic heterocycles. The van der Waals surface area contributed by atoms with Gasteiger partial charge in [0.2, 0.25) is 6.41 Å². The third kappa shape index (κ3) is 6.30. The number of carbonyl (C=O) groups excluding carboxylic acids is 3. The lowest BCUT2D eigenvalue weighted by molar-refractivity contribution is -0.105. The lowest BCUT2D eigenvalue weighted by atomic mass is 10.0. The SMILES string of the molecule is CCN(C)C(=O)Nc1cc(CN2CCN(c3ccc(NC=O)nc3C)CC2)cc(C(F)F)c1C=O. The number of halogens is 2. The van der Waals surface area contributed by atoms with Crippen LogP contribution in [0, 0.1) is 6.92 Å². The number of benzene rings is 1. The highest BCUT2D eigenvalue weighted by atomic mass is 19.3. The quantitative estimate of drug-likeness (QED) is 0.525. The first-order chi connectivity index (χ1) is 16.8. The normalized spacial score (nSPS) is 14.1. The Balaban J connectivity index is 1.74. The molecule has 1 saturated heterocycles. The van der Waals surface area contributed by atoms with Gasteiger partial charge in [0.15, 0.2) is 6.29 Å². The number of aldehydes is 1. The van der Waals surface area contributed by atoms with Crippen LogP contribution in [-0.4, -0.2) is 73.3 Å². The van der Waals surface area contributed by atoms with Crippen molar-refractivity contribution in [1.29, 1.82) is 0 Å². The zero-order chi connectivity index (χ0) is 25.5. The van der Waals surface area contributed by atoms with Gasteiger partial charge in [-0.15, -0.1) is 0 Å². The van der Waals surface area contributed by atoms with Crippen molar-refractivity contribution in [3.63, 3.8) is 0 Å². The molecular formula is C24H30F2N6O3. The number of urea groups is 1. The molecule has 1 aliphatic heterocycles. The van der Waals surface area contributed by atoms with E-state index in [-0.39, 0.29) is 11.3 Å². The van der Waals surface area contributed by atoms with Crippen molar-refractivity contribution in [3.8, 4) is 0 Å². The highest BCUT2D eigenvalue weighted by molar-refractivity contribution is 5.96. The maximum Gasteiger partial charge on any atom is 0.321 e. The number of nitrogens with one attached hydrogen (secondary N) is 2. The van der Waals surface area contributed by atoms with E-state index in [1.807, 2.05) is 13.0 Å². The van der Waals surface area contributed by atoms with Crippen molar-refractivity contribution >= 4 is 35.9 Å². The maximum absolute atomic E-state index is 13.7. The van der Waals surface area contributed by atoms with Crippen LogP contribution < -0.4 is 15.5 Å². The molecule has 2 heterocycles. The third-order valence-electron chi connectivity index (χ3n) is 6.07. The number of alkyl halides is 2. The fourth-order valence-corrected chi connectivity index (χ4v) is 4.03. The number of aromatic nitrogens is 1. The predicted octanol–water partition coefficient (Wildman–Crippen LogP) is 3.51. The van der Waals surface area contributed by atoms with E-state index in [0.717, 1.165) is 11.4 Å². The Bertz CT molecular complexity index is 1070. The fraction of sp³-hybridized carbons (Fsp3) is 0.417. The molecule has 0 aliphatic carbocycles. The van der Waals surface area contributed by atoms with Crippen LogP contribution in [0.1, 0.15) is 40.5 Å². The number of nitrogens with zero attached hydrogens (tertiary/aromatic N) is 4. The minimum atomic E-state index is -2.85. The summed E-state index contributed by atoms with van der Waals surface area (Å²) in [5, 5.41) is 5.13. The largest absolute Gasteiger partial charge is 0.368 e.